The van der Waals surface area contributed by atoms with Crippen LogP contribution in [0.3, 0.4) is 0 Å². The molecule has 1 aromatic carbocycles. The molecule has 1 unspecified atom stereocenters. The Kier molecular flexibility index (Phi) is 6.97. The zero-order valence-electron chi connectivity index (χ0n) is 15.4. The molecule has 0 bridgehead atoms. The van der Waals surface area contributed by atoms with Crippen molar-refractivity contribution in [2.24, 2.45) is 5.10 Å². The second-order valence-corrected chi connectivity index (χ2v) is 6.84. The maximum absolute atomic E-state index is 12.2. The van der Waals surface area contributed by atoms with E-state index in [1.54, 1.807) is 39.3 Å². The normalized spacial score (nSPS) is 12.0. The van der Waals surface area contributed by atoms with Crippen LogP contribution in [0.1, 0.15) is 23.9 Å². The van der Waals surface area contributed by atoms with Crippen LogP contribution in [0, 0.1) is 13.8 Å². The van der Waals surface area contributed by atoms with E-state index in [1.165, 1.54) is 18.0 Å². The maximum atomic E-state index is 12.2. The van der Waals surface area contributed by atoms with Gasteiger partial charge >= 0.3 is 0 Å². The van der Waals surface area contributed by atoms with Crippen LogP contribution in [0.5, 0.6) is 11.5 Å². The second kappa shape index (κ2) is 9.19. The Labute approximate surface area is 157 Å². The molecule has 0 saturated carbocycles. The number of thioether (sulfide) groups is 1. The molecule has 0 aliphatic heterocycles. The molecule has 1 aromatic heterocycles. The predicted molar refractivity (Wildman–Crippen MR) is 102 cm³/mol. The highest BCUT2D eigenvalue weighted by molar-refractivity contribution is 8.00. The number of hydrogen-bond donors (Lipinski definition) is 1. The third-order valence-corrected chi connectivity index (χ3v) is 4.39. The average Bonchev–Trinajstić information content (AvgIpc) is 2.60. The monoisotopic (exact) mass is 374 g/mol. The summed E-state index contributed by atoms with van der Waals surface area (Å²) in [5.74, 6) is 1.05. The zero-order chi connectivity index (χ0) is 19.1. The van der Waals surface area contributed by atoms with Crippen molar-refractivity contribution < 1.29 is 14.3 Å². The number of hydrazone groups is 1. The van der Waals surface area contributed by atoms with Crippen LogP contribution >= 0.6 is 11.8 Å². The third-order valence-electron chi connectivity index (χ3n) is 3.43. The van der Waals surface area contributed by atoms with E-state index in [-0.39, 0.29) is 11.2 Å². The Morgan fingerprint density at radius 3 is 2.50 bits per heavy atom. The fourth-order valence-electron chi connectivity index (χ4n) is 2.14. The van der Waals surface area contributed by atoms with Gasteiger partial charge in [-0.25, -0.2) is 15.4 Å². The molecule has 0 radical (unpaired) electrons. The lowest BCUT2D eigenvalue weighted by atomic mass is 10.2. The van der Waals surface area contributed by atoms with Gasteiger partial charge in [-0.3, -0.25) is 4.79 Å². The first-order valence-corrected chi connectivity index (χ1v) is 8.84. The Morgan fingerprint density at radius 1 is 1.19 bits per heavy atom. The van der Waals surface area contributed by atoms with Crippen LogP contribution in [0.4, 0.5) is 0 Å². The van der Waals surface area contributed by atoms with E-state index in [0.29, 0.717) is 16.7 Å². The number of methoxy groups -OCH3 is 2. The average molecular weight is 374 g/mol. The van der Waals surface area contributed by atoms with Gasteiger partial charge in [0.2, 0.25) is 0 Å². The molecule has 26 heavy (non-hydrogen) atoms. The first-order valence-electron chi connectivity index (χ1n) is 7.97. The topological polar surface area (TPSA) is 85.7 Å². The van der Waals surface area contributed by atoms with Gasteiger partial charge in [0.15, 0.2) is 5.16 Å². The summed E-state index contributed by atoms with van der Waals surface area (Å²) in [4.78, 5) is 20.9. The van der Waals surface area contributed by atoms with Gasteiger partial charge < -0.3 is 9.47 Å². The fraction of sp³-hybridized carbons (Fsp3) is 0.333. The first kappa shape index (κ1) is 19.7. The van der Waals surface area contributed by atoms with E-state index in [4.69, 9.17) is 9.47 Å². The molecule has 0 aliphatic carbocycles. The standard InChI is InChI=1S/C18H22N4O3S/c1-11-8-12(2)21-18(20-11)26-13(3)17(23)22-19-10-14-6-7-15(24-4)9-16(14)25-5/h6-10,13H,1-5H3,(H,22,23)/b19-10+. The lowest BCUT2D eigenvalue weighted by Gasteiger charge is -2.09. The van der Waals surface area contributed by atoms with E-state index in [1.807, 2.05) is 19.9 Å². The summed E-state index contributed by atoms with van der Waals surface area (Å²) in [5.41, 5.74) is 5.00. The molecule has 8 heteroatoms. The number of hydrogen-bond acceptors (Lipinski definition) is 7. The van der Waals surface area contributed by atoms with E-state index >= 15 is 0 Å². The smallest absolute Gasteiger partial charge is 0.253 e. The van der Waals surface area contributed by atoms with Gasteiger partial charge in [0, 0.05) is 23.0 Å². The molecule has 1 N–H and O–H groups in total. The zero-order valence-corrected chi connectivity index (χ0v) is 16.3. The Bertz CT molecular complexity index is 791. The molecule has 0 spiro atoms. The molecule has 2 aromatic rings. The number of carbonyl (C=O) groups is 1. The molecule has 7 nitrogen and oxygen atoms in total. The minimum absolute atomic E-state index is 0.235. The van der Waals surface area contributed by atoms with Crippen molar-refractivity contribution in [3.63, 3.8) is 0 Å². The number of carbonyl (C=O) groups excluding carboxylic acids is 1. The van der Waals surface area contributed by atoms with Crippen molar-refractivity contribution in [3.8, 4) is 11.5 Å². The maximum Gasteiger partial charge on any atom is 0.253 e. The van der Waals surface area contributed by atoms with Gasteiger partial charge in [-0.1, -0.05) is 11.8 Å². The minimum atomic E-state index is -0.383. The number of nitrogens with one attached hydrogen (secondary N) is 1. The van der Waals surface area contributed by atoms with E-state index in [9.17, 15) is 4.79 Å². The first-order chi connectivity index (χ1) is 12.4. The van der Waals surface area contributed by atoms with E-state index in [2.05, 4.69) is 20.5 Å². The highest BCUT2D eigenvalue weighted by Crippen LogP contribution is 2.23. The summed E-state index contributed by atoms with van der Waals surface area (Å²) in [5, 5.41) is 4.20. The number of benzene rings is 1. The Balaban J connectivity index is 1.98. The quantitative estimate of drug-likeness (QED) is 0.347. The number of ether oxygens (including phenoxy) is 2. The van der Waals surface area contributed by atoms with Crippen molar-refractivity contribution >= 4 is 23.9 Å². The molecule has 2 rings (SSSR count). The van der Waals surface area contributed by atoms with Crippen molar-refractivity contribution in [3.05, 3.63) is 41.2 Å². The van der Waals surface area contributed by atoms with Gasteiger partial charge in [-0.05, 0) is 39.0 Å². The second-order valence-electron chi connectivity index (χ2n) is 5.54. The van der Waals surface area contributed by atoms with Crippen molar-refractivity contribution in [2.75, 3.05) is 14.2 Å². The van der Waals surface area contributed by atoms with Crippen molar-refractivity contribution in [1.29, 1.82) is 0 Å². The van der Waals surface area contributed by atoms with E-state index < -0.39 is 0 Å². The molecule has 138 valence electrons. The number of aryl methyl sites for hydroxylation is 2. The third kappa shape index (κ3) is 5.45. The van der Waals surface area contributed by atoms with Crippen molar-refractivity contribution in [2.45, 2.75) is 31.2 Å². The molecular formula is C18H22N4O3S. The van der Waals surface area contributed by atoms with Crippen LogP contribution in [-0.2, 0) is 4.79 Å². The number of aromatic nitrogens is 2. The number of amides is 1. The summed E-state index contributed by atoms with van der Waals surface area (Å²) in [6, 6.07) is 7.23. The highest BCUT2D eigenvalue weighted by atomic mass is 32.2. The number of rotatable bonds is 7. The molecule has 0 fully saturated rings. The molecule has 1 atom stereocenters. The summed E-state index contributed by atoms with van der Waals surface area (Å²) >= 11 is 1.29. The molecule has 0 aliphatic rings. The minimum Gasteiger partial charge on any atom is -0.497 e. The SMILES string of the molecule is COc1ccc(/C=N/NC(=O)C(C)Sc2nc(C)cc(C)n2)c(OC)c1. The molecule has 0 saturated heterocycles. The van der Waals surface area contributed by atoms with Crippen LogP contribution in [-0.4, -0.2) is 41.6 Å². The summed E-state index contributed by atoms with van der Waals surface area (Å²) in [6.07, 6.45) is 1.53. The van der Waals surface area contributed by atoms with Gasteiger partial charge in [0.1, 0.15) is 11.5 Å². The van der Waals surface area contributed by atoms with Crippen LogP contribution in [0.25, 0.3) is 0 Å². The lowest BCUT2D eigenvalue weighted by molar-refractivity contribution is -0.120. The summed E-state index contributed by atoms with van der Waals surface area (Å²) in [7, 11) is 3.15. The van der Waals surface area contributed by atoms with Gasteiger partial charge in [0.05, 0.1) is 25.7 Å². The molecular weight excluding hydrogens is 352 g/mol. The van der Waals surface area contributed by atoms with Crippen LogP contribution in [0.2, 0.25) is 0 Å². The largest absolute Gasteiger partial charge is 0.497 e. The Hall–Kier alpha value is -2.61. The van der Waals surface area contributed by atoms with Gasteiger partial charge in [0.25, 0.3) is 5.91 Å². The van der Waals surface area contributed by atoms with E-state index in [0.717, 1.165) is 17.0 Å². The molecule has 1 heterocycles. The van der Waals surface area contributed by atoms with Crippen LogP contribution < -0.4 is 14.9 Å². The van der Waals surface area contributed by atoms with Gasteiger partial charge in [-0.2, -0.15) is 5.10 Å². The summed E-state index contributed by atoms with van der Waals surface area (Å²) < 4.78 is 10.4. The van der Waals surface area contributed by atoms with Gasteiger partial charge in [-0.15, -0.1) is 0 Å². The van der Waals surface area contributed by atoms with Crippen LogP contribution in [0.15, 0.2) is 34.5 Å². The number of nitrogens with zero attached hydrogens (tertiary/aromatic N) is 3. The predicted octanol–water partition coefficient (Wildman–Crippen LogP) is 2.74. The van der Waals surface area contributed by atoms with Crippen molar-refractivity contribution in [1.82, 2.24) is 15.4 Å². The Morgan fingerprint density at radius 2 is 1.88 bits per heavy atom. The molecule has 1 amide bonds. The fourth-order valence-corrected chi connectivity index (χ4v) is 3.01. The highest BCUT2D eigenvalue weighted by Gasteiger charge is 2.16. The summed E-state index contributed by atoms with van der Waals surface area (Å²) in [6.45, 7) is 5.58. The lowest BCUT2D eigenvalue weighted by Crippen LogP contribution is -2.27.